The van der Waals surface area contributed by atoms with Gasteiger partial charge in [0.15, 0.2) is 0 Å². The molecule has 0 aromatic heterocycles. The van der Waals surface area contributed by atoms with Gasteiger partial charge in [0.2, 0.25) is 0 Å². The van der Waals surface area contributed by atoms with E-state index in [4.69, 9.17) is 5.11 Å². The minimum Gasteiger partial charge on any atom is -0.481 e. The van der Waals surface area contributed by atoms with Crippen molar-refractivity contribution in [1.82, 2.24) is 10.2 Å². The molecule has 0 bridgehead atoms. The lowest BCUT2D eigenvalue weighted by molar-refractivity contribution is -0.143. The van der Waals surface area contributed by atoms with Crippen LogP contribution in [0.5, 0.6) is 0 Å². The molecule has 2 rings (SSSR count). The van der Waals surface area contributed by atoms with E-state index in [0.29, 0.717) is 44.3 Å². The number of aliphatic carboxylic acids is 1. The summed E-state index contributed by atoms with van der Waals surface area (Å²) in [6.45, 7) is 6.04. The molecule has 0 saturated carbocycles. The van der Waals surface area contributed by atoms with E-state index in [1.807, 2.05) is 18.2 Å². The summed E-state index contributed by atoms with van der Waals surface area (Å²) in [7, 11) is 0. The first-order valence-electron chi connectivity index (χ1n) is 8.77. The van der Waals surface area contributed by atoms with Gasteiger partial charge in [-0.25, -0.2) is 4.79 Å². The van der Waals surface area contributed by atoms with Crippen LogP contribution in [-0.2, 0) is 11.2 Å². The van der Waals surface area contributed by atoms with E-state index in [0.717, 1.165) is 6.42 Å². The van der Waals surface area contributed by atoms with Gasteiger partial charge in [0.05, 0.1) is 5.92 Å². The predicted molar refractivity (Wildman–Crippen MR) is 93.8 cm³/mol. The molecule has 1 aromatic rings. The average Bonchev–Trinajstić information content (AvgIpc) is 2.59. The SMILES string of the molecule is CC(C)C(CNC(=O)N1CCC(C(=O)O)CC1)Cc1ccccc1. The number of nitrogens with zero attached hydrogens (tertiary/aromatic N) is 1. The van der Waals surface area contributed by atoms with Gasteiger partial charge in [-0.15, -0.1) is 0 Å². The molecule has 2 N–H and O–H groups in total. The van der Waals surface area contributed by atoms with E-state index in [9.17, 15) is 9.59 Å². The van der Waals surface area contributed by atoms with Gasteiger partial charge in [-0.1, -0.05) is 44.2 Å². The number of urea groups is 1. The monoisotopic (exact) mass is 332 g/mol. The molecule has 0 radical (unpaired) electrons. The summed E-state index contributed by atoms with van der Waals surface area (Å²) in [5, 5.41) is 12.1. The number of nitrogens with one attached hydrogen (secondary N) is 1. The number of carbonyl (C=O) groups is 2. The van der Waals surface area contributed by atoms with E-state index in [2.05, 4.69) is 31.3 Å². The Kier molecular flexibility index (Phi) is 6.64. The molecule has 5 heteroatoms. The first kappa shape index (κ1) is 18.3. The van der Waals surface area contributed by atoms with Crippen molar-refractivity contribution in [3.05, 3.63) is 35.9 Å². The fourth-order valence-electron chi connectivity index (χ4n) is 3.12. The third-order valence-corrected chi connectivity index (χ3v) is 4.93. The Labute approximate surface area is 144 Å². The van der Waals surface area contributed by atoms with Gasteiger partial charge in [0.1, 0.15) is 0 Å². The summed E-state index contributed by atoms with van der Waals surface area (Å²) in [6.07, 6.45) is 2.03. The summed E-state index contributed by atoms with van der Waals surface area (Å²) in [5.41, 5.74) is 1.28. The molecule has 1 heterocycles. The van der Waals surface area contributed by atoms with Crippen LogP contribution >= 0.6 is 0 Å². The molecule has 132 valence electrons. The lowest BCUT2D eigenvalue weighted by Crippen LogP contribution is -2.47. The van der Waals surface area contributed by atoms with Gasteiger partial charge < -0.3 is 15.3 Å². The van der Waals surface area contributed by atoms with Crippen molar-refractivity contribution in [3.8, 4) is 0 Å². The average molecular weight is 332 g/mol. The lowest BCUT2D eigenvalue weighted by atomic mass is 9.89. The number of rotatable bonds is 6. The highest BCUT2D eigenvalue weighted by molar-refractivity contribution is 5.75. The maximum absolute atomic E-state index is 12.3. The summed E-state index contributed by atoms with van der Waals surface area (Å²) in [6, 6.07) is 10.3. The van der Waals surface area contributed by atoms with Crippen molar-refractivity contribution in [1.29, 1.82) is 0 Å². The molecule has 1 unspecified atom stereocenters. The second kappa shape index (κ2) is 8.71. The van der Waals surface area contributed by atoms with Crippen molar-refractivity contribution < 1.29 is 14.7 Å². The lowest BCUT2D eigenvalue weighted by Gasteiger charge is -2.31. The van der Waals surface area contributed by atoms with Crippen LogP contribution in [0.1, 0.15) is 32.3 Å². The largest absolute Gasteiger partial charge is 0.481 e. The number of carboxylic acid groups (broad SMARTS) is 1. The molecule has 2 amide bonds. The Morgan fingerprint density at radius 3 is 2.38 bits per heavy atom. The van der Waals surface area contributed by atoms with Crippen LogP contribution in [0, 0.1) is 17.8 Å². The number of piperidine rings is 1. The molecule has 1 atom stereocenters. The van der Waals surface area contributed by atoms with E-state index >= 15 is 0 Å². The molecule has 1 aliphatic heterocycles. The standard InChI is InChI=1S/C19H28N2O3/c1-14(2)17(12-15-6-4-3-5-7-15)13-20-19(24)21-10-8-16(9-11-21)18(22)23/h3-7,14,16-17H,8-13H2,1-2H3,(H,20,24)(H,22,23). The summed E-state index contributed by atoms with van der Waals surface area (Å²) >= 11 is 0. The zero-order valence-electron chi connectivity index (χ0n) is 14.6. The maximum Gasteiger partial charge on any atom is 0.317 e. The van der Waals surface area contributed by atoms with Crippen LogP contribution in [0.3, 0.4) is 0 Å². The maximum atomic E-state index is 12.3. The first-order chi connectivity index (χ1) is 11.5. The van der Waals surface area contributed by atoms with Gasteiger partial charge in [-0.3, -0.25) is 4.79 Å². The topological polar surface area (TPSA) is 69.6 Å². The van der Waals surface area contributed by atoms with Crippen molar-refractivity contribution in [2.45, 2.75) is 33.1 Å². The molecule has 1 aliphatic rings. The van der Waals surface area contributed by atoms with Gasteiger partial charge in [-0.05, 0) is 36.7 Å². The Bertz CT molecular complexity index is 537. The molecule has 0 aliphatic carbocycles. The van der Waals surface area contributed by atoms with Crippen LogP contribution in [0.25, 0.3) is 0 Å². The number of likely N-dealkylation sites (tertiary alicyclic amines) is 1. The molecule has 24 heavy (non-hydrogen) atoms. The molecular weight excluding hydrogens is 304 g/mol. The number of hydrogen-bond acceptors (Lipinski definition) is 2. The minimum absolute atomic E-state index is 0.0717. The Morgan fingerprint density at radius 1 is 1.21 bits per heavy atom. The van der Waals surface area contributed by atoms with E-state index in [1.54, 1.807) is 4.90 Å². The normalized spacial score (nSPS) is 16.9. The number of carboxylic acids is 1. The Balaban J connectivity index is 1.81. The van der Waals surface area contributed by atoms with E-state index in [-0.39, 0.29) is 11.9 Å². The summed E-state index contributed by atoms with van der Waals surface area (Å²) in [5.74, 6) is -0.204. The fraction of sp³-hybridized carbons (Fsp3) is 0.579. The zero-order chi connectivity index (χ0) is 17.5. The van der Waals surface area contributed by atoms with Crippen LogP contribution in [0.2, 0.25) is 0 Å². The van der Waals surface area contributed by atoms with Gasteiger partial charge in [-0.2, -0.15) is 0 Å². The Hall–Kier alpha value is -2.04. The summed E-state index contributed by atoms with van der Waals surface area (Å²) < 4.78 is 0. The second-order valence-corrected chi connectivity index (χ2v) is 6.98. The van der Waals surface area contributed by atoms with E-state index < -0.39 is 5.97 Å². The highest BCUT2D eigenvalue weighted by Crippen LogP contribution is 2.19. The molecular formula is C19H28N2O3. The van der Waals surface area contributed by atoms with Crippen molar-refractivity contribution in [2.75, 3.05) is 19.6 Å². The van der Waals surface area contributed by atoms with Crippen LogP contribution < -0.4 is 5.32 Å². The van der Waals surface area contributed by atoms with Crippen molar-refractivity contribution in [3.63, 3.8) is 0 Å². The number of hydrogen-bond donors (Lipinski definition) is 2. The van der Waals surface area contributed by atoms with E-state index in [1.165, 1.54) is 5.56 Å². The van der Waals surface area contributed by atoms with Gasteiger partial charge >= 0.3 is 12.0 Å². The smallest absolute Gasteiger partial charge is 0.317 e. The first-order valence-corrected chi connectivity index (χ1v) is 8.77. The second-order valence-electron chi connectivity index (χ2n) is 6.98. The predicted octanol–water partition coefficient (Wildman–Crippen LogP) is 3.01. The summed E-state index contributed by atoms with van der Waals surface area (Å²) in [4.78, 5) is 25.0. The van der Waals surface area contributed by atoms with Crippen molar-refractivity contribution in [2.24, 2.45) is 17.8 Å². The molecule has 1 aromatic carbocycles. The number of carbonyl (C=O) groups excluding carboxylic acids is 1. The zero-order valence-corrected chi connectivity index (χ0v) is 14.6. The van der Waals surface area contributed by atoms with Gasteiger partial charge in [0, 0.05) is 19.6 Å². The number of amides is 2. The quantitative estimate of drug-likeness (QED) is 0.841. The molecule has 1 saturated heterocycles. The third-order valence-electron chi connectivity index (χ3n) is 4.93. The van der Waals surface area contributed by atoms with Crippen molar-refractivity contribution >= 4 is 12.0 Å². The third kappa shape index (κ3) is 5.25. The van der Waals surface area contributed by atoms with Gasteiger partial charge in [0.25, 0.3) is 0 Å². The van der Waals surface area contributed by atoms with Crippen LogP contribution in [0.15, 0.2) is 30.3 Å². The van der Waals surface area contributed by atoms with Crippen LogP contribution in [-0.4, -0.2) is 41.6 Å². The Morgan fingerprint density at radius 2 is 1.83 bits per heavy atom. The molecule has 0 spiro atoms. The molecule has 1 fully saturated rings. The van der Waals surface area contributed by atoms with Crippen LogP contribution in [0.4, 0.5) is 4.79 Å². The fourth-order valence-corrected chi connectivity index (χ4v) is 3.12. The number of benzene rings is 1. The molecule has 5 nitrogen and oxygen atoms in total. The highest BCUT2D eigenvalue weighted by atomic mass is 16.4. The highest BCUT2D eigenvalue weighted by Gasteiger charge is 2.27. The minimum atomic E-state index is -0.752.